The molecule has 0 spiro atoms. The largest absolute Gasteiger partial charge is 0.481 e. The van der Waals surface area contributed by atoms with Gasteiger partial charge < -0.3 is 10.4 Å². The second-order valence-electron chi connectivity index (χ2n) is 3.94. The zero-order chi connectivity index (χ0) is 13.7. The van der Waals surface area contributed by atoms with Crippen LogP contribution in [-0.4, -0.2) is 22.0 Å². The first-order valence-electron chi connectivity index (χ1n) is 5.68. The van der Waals surface area contributed by atoms with Gasteiger partial charge in [-0.05, 0) is 29.8 Å². The molecule has 1 aromatic heterocycles. The van der Waals surface area contributed by atoms with Crippen molar-refractivity contribution in [2.45, 2.75) is 6.42 Å². The molecule has 1 amide bonds. The van der Waals surface area contributed by atoms with Crippen LogP contribution in [0.3, 0.4) is 0 Å². The Kier molecular flexibility index (Phi) is 3.87. The Hall–Kier alpha value is -2.69. The summed E-state index contributed by atoms with van der Waals surface area (Å²) >= 11 is 0. The maximum absolute atomic E-state index is 11.9. The van der Waals surface area contributed by atoms with Crippen LogP contribution in [0.4, 0.5) is 5.69 Å². The summed E-state index contributed by atoms with van der Waals surface area (Å²) in [6.07, 6.45) is 1.46. The van der Waals surface area contributed by atoms with Crippen LogP contribution < -0.4 is 5.32 Å². The molecule has 2 aromatic rings. The molecule has 5 heteroatoms. The van der Waals surface area contributed by atoms with E-state index in [1.807, 2.05) is 0 Å². The lowest BCUT2D eigenvalue weighted by Crippen LogP contribution is -2.13. The fraction of sp³-hybridized carbons (Fsp3) is 0.0714. The Balaban J connectivity index is 2.11. The monoisotopic (exact) mass is 256 g/mol. The summed E-state index contributed by atoms with van der Waals surface area (Å²) in [4.78, 5) is 26.4. The van der Waals surface area contributed by atoms with Gasteiger partial charge in [-0.15, -0.1) is 0 Å². The van der Waals surface area contributed by atoms with Gasteiger partial charge in [-0.25, -0.2) is 0 Å². The zero-order valence-corrected chi connectivity index (χ0v) is 10.0. The molecular weight excluding hydrogens is 244 g/mol. The van der Waals surface area contributed by atoms with Crippen LogP contribution in [0.25, 0.3) is 0 Å². The third-order valence-electron chi connectivity index (χ3n) is 2.44. The van der Waals surface area contributed by atoms with Crippen LogP contribution in [0.5, 0.6) is 0 Å². The summed E-state index contributed by atoms with van der Waals surface area (Å²) in [5.41, 5.74) is 1.49. The van der Waals surface area contributed by atoms with Gasteiger partial charge >= 0.3 is 5.97 Å². The average Bonchev–Trinajstić information content (AvgIpc) is 2.39. The van der Waals surface area contributed by atoms with Gasteiger partial charge in [0.2, 0.25) is 0 Å². The van der Waals surface area contributed by atoms with E-state index in [0.717, 1.165) is 0 Å². The second-order valence-corrected chi connectivity index (χ2v) is 3.94. The number of carboxylic acids is 1. The fourth-order valence-corrected chi connectivity index (χ4v) is 1.63. The highest BCUT2D eigenvalue weighted by molar-refractivity contribution is 6.02. The number of hydrogen-bond donors (Lipinski definition) is 2. The molecule has 1 aromatic carbocycles. The Morgan fingerprint density at radius 1 is 1.16 bits per heavy atom. The highest BCUT2D eigenvalue weighted by Crippen LogP contribution is 2.12. The highest BCUT2D eigenvalue weighted by atomic mass is 16.4. The van der Waals surface area contributed by atoms with Gasteiger partial charge in [0.25, 0.3) is 5.91 Å². The minimum Gasteiger partial charge on any atom is -0.481 e. The van der Waals surface area contributed by atoms with Crippen molar-refractivity contribution >= 4 is 17.6 Å². The number of rotatable bonds is 4. The average molecular weight is 256 g/mol. The van der Waals surface area contributed by atoms with Crippen molar-refractivity contribution in [2.75, 3.05) is 5.32 Å². The summed E-state index contributed by atoms with van der Waals surface area (Å²) in [7, 11) is 0. The van der Waals surface area contributed by atoms with Crippen molar-refractivity contribution in [1.82, 2.24) is 4.98 Å². The number of pyridine rings is 1. The number of nitrogens with one attached hydrogen (secondary N) is 1. The van der Waals surface area contributed by atoms with E-state index in [2.05, 4.69) is 10.3 Å². The summed E-state index contributed by atoms with van der Waals surface area (Å²) in [6.45, 7) is 0. The lowest BCUT2D eigenvalue weighted by atomic mass is 10.1. The SMILES string of the molecule is O=C(O)Cc1cccc(NC(=O)c2ccccn2)c1. The molecule has 0 saturated heterocycles. The van der Waals surface area contributed by atoms with Gasteiger partial charge in [0.15, 0.2) is 0 Å². The summed E-state index contributed by atoms with van der Waals surface area (Å²) in [6, 6.07) is 11.8. The van der Waals surface area contributed by atoms with Gasteiger partial charge in [0.05, 0.1) is 6.42 Å². The molecular formula is C14H12N2O3. The van der Waals surface area contributed by atoms with Crippen molar-refractivity contribution in [1.29, 1.82) is 0 Å². The maximum Gasteiger partial charge on any atom is 0.307 e. The number of benzene rings is 1. The first-order chi connectivity index (χ1) is 9.15. The number of aliphatic carboxylic acids is 1. The molecule has 96 valence electrons. The van der Waals surface area contributed by atoms with E-state index in [0.29, 0.717) is 16.9 Å². The molecule has 19 heavy (non-hydrogen) atoms. The van der Waals surface area contributed by atoms with Crippen molar-refractivity contribution in [3.8, 4) is 0 Å². The minimum atomic E-state index is -0.909. The molecule has 0 aliphatic rings. The summed E-state index contributed by atoms with van der Waals surface area (Å²) in [5, 5.41) is 11.4. The van der Waals surface area contributed by atoms with Crippen molar-refractivity contribution in [2.24, 2.45) is 0 Å². The number of carbonyl (C=O) groups is 2. The van der Waals surface area contributed by atoms with Crippen LogP contribution in [0.15, 0.2) is 48.7 Å². The van der Waals surface area contributed by atoms with E-state index >= 15 is 0 Å². The highest BCUT2D eigenvalue weighted by Gasteiger charge is 2.07. The molecule has 0 radical (unpaired) electrons. The molecule has 2 N–H and O–H groups in total. The normalized spacial score (nSPS) is 9.89. The van der Waals surface area contributed by atoms with Gasteiger partial charge in [0, 0.05) is 11.9 Å². The number of hydrogen-bond acceptors (Lipinski definition) is 3. The molecule has 0 bridgehead atoms. The Labute approximate surface area is 109 Å². The summed E-state index contributed by atoms with van der Waals surface area (Å²) in [5.74, 6) is -1.23. The standard InChI is InChI=1S/C14H12N2O3/c17-13(18)9-10-4-3-5-11(8-10)16-14(19)12-6-1-2-7-15-12/h1-8H,9H2,(H,16,19)(H,17,18). The number of nitrogens with zero attached hydrogens (tertiary/aromatic N) is 1. The number of carbonyl (C=O) groups excluding carboxylic acids is 1. The van der Waals surface area contributed by atoms with Crippen LogP contribution in [0, 0.1) is 0 Å². The number of amides is 1. The van der Waals surface area contributed by atoms with Crippen LogP contribution in [0.2, 0.25) is 0 Å². The molecule has 0 aliphatic carbocycles. The molecule has 0 saturated carbocycles. The molecule has 2 rings (SSSR count). The summed E-state index contributed by atoms with van der Waals surface area (Å²) < 4.78 is 0. The fourth-order valence-electron chi connectivity index (χ4n) is 1.63. The molecule has 0 aliphatic heterocycles. The number of anilines is 1. The van der Waals surface area contributed by atoms with Gasteiger partial charge in [-0.1, -0.05) is 18.2 Å². The molecule has 0 fully saturated rings. The quantitative estimate of drug-likeness (QED) is 0.876. The van der Waals surface area contributed by atoms with Gasteiger partial charge in [0.1, 0.15) is 5.69 Å². The smallest absolute Gasteiger partial charge is 0.307 e. The lowest BCUT2D eigenvalue weighted by Gasteiger charge is -2.06. The van der Waals surface area contributed by atoms with Gasteiger partial charge in [-0.2, -0.15) is 0 Å². The maximum atomic E-state index is 11.9. The van der Waals surface area contributed by atoms with Gasteiger partial charge in [-0.3, -0.25) is 14.6 Å². The molecule has 5 nitrogen and oxygen atoms in total. The molecule has 0 unspecified atom stereocenters. The van der Waals surface area contributed by atoms with Crippen molar-refractivity contribution in [3.05, 3.63) is 59.9 Å². The van der Waals surface area contributed by atoms with E-state index in [1.165, 1.54) is 6.20 Å². The predicted molar refractivity (Wildman–Crippen MR) is 70.0 cm³/mol. The van der Waals surface area contributed by atoms with E-state index < -0.39 is 5.97 Å². The minimum absolute atomic E-state index is 0.0761. The van der Waals surface area contributed by atoms with Crippen molar-refractivity contribution < 1.29 is 14.7 Å². The first-order valence-corrected chi connectivity index (χ1v) is 5.68. The van der Waals surface area contributed by atoms with E-state index in [9.17, 15) is 9.59 Å². The first kappa shape index (κ1) is 12.8. The van der Waals surface area contributed by atoms with E-state index in [4.69, 9.17) is 5.11 Å². The zero-order valence-electron chi connectivity index (χ0n) is 10.0. The van der Waals surface area contributed by atoms with Crippen LogP contribution in [-0.2, 0) is 11.2 Å². The van der Waals surface area contributed by atoms with Crippen LogP contribution >= 0.6 is 0 Å². The number of aromatic nitrogens is 1. The van der Waals surface area contributed by atoms with Crippen molar-refractivity contribution in [3.63, 3.8) is 0 Å². The van der Waals surface area contributed by atoms with E-state index in [-0.39, 0.29) is 12.3 Å². The number of carboxylic acid groups (broad SMARTS) is 1. The third kappa shape index (κ3) is 3.64. The molecule has 1 heterocycles. The second kappa shape index (κ2) is 5.77. The molecule has 0 atom stereocenters. The van der Waals surface area contributed by atoms with Crippen LogP contribution in [0.1, 0.15) is 16.1 Å². The lowest BCUT2D eigenvalue weighted by molar-refractivity contribution is -0.136. The van der Waals surface area contributed by atoms with E-state index in [1.54, 1.807) is 42.5 Å². The topological polar surface area (TPSA) is 79.3 Å². The third-order valence-corrected chi connectivity index (χ3v) is 2.44. The Morgan fingerprint density at radius 3 is 2.68 bits per heavy atom. The Bertz CT molecular complexity index is 597. The predicted octanol–water partition coefficient (Wildman–Crippen LogP) is 1.96. The Morgan fingerprint density at radius 2 is 2.00 bits per heavy atom.